The van der Waals surface area contributed by atoms with Crippen molar-refractivity contribution in [2.75, 3.05) is 10.6 Å². The fourth-order valence-corrected chi connectivity index (χ4v) is 5.81. The Bertz CT molecular complexity index is 2060. The highest BCUT2D eigenvalue weighted by Gasteiger charge is 2.14. The van der Waals surface area contributed by atoms with Crippen LogP contribution in [0.1, 0.15) is 43.0 Å². The quantitative estimate of drug-likeness (QED) is 0.123. The van der Waals surface area contributed by atoms with Crippen LogP contribution < -0.4 is 10.6 Å². The van der Waals surface area contributed by atoms with Gasteiger partial charge >= 0.3 is 11.9 Å². The number of nitrogens with zero attached hydrogens (tertiary/aromatic N) is 2. The monoisotopic (exact) mass is 704 g/mol. The van der Waals surface area contributed by atoms with E-state index in [-0.39, 0.29) is 11.1 Å². The van der Waals surface area contributed by atoms with Gasteiger partial charge in [0, 0.05) is 21.2 Å². The Morgan fingerprint density at radius 3 is 1.28 bits per heavy atom. The van der Waals surface area contributed by atoms with E-state index in [1.807, 2.05) is 100 Å². The summed E-state index contributed by atoms with van der Waals surface area (Å²) < 4.78 is 0. The number of hydrogen-bond acceptors (Lipinski definition) is 6. The van der Waals surface area contributed by atoms with Gasteiger partial charge in [-0.3, -0.25) is 9.97 Å². The first-order valence-corrected chi connectivity index (χ1v) is 16.3. The fraction of sp³-hybridized carbons (Fsp3) is 0.100. The summed E-state index contributed by atoms with van der Waals surface area (Å²) in [5.74, 6) is -1.94. The number of nitrogens with one attached hydrogen (secondary N) is 2. The van der Waals surface area contributed by atoms with Crippen LogP contribution in [0, 0.1) is 27.7 Å². The molecule has 0 saturated carbocycles. The molecule has 0 atom stereocenters. The number of carboxylic acid groups (broad SMARTS) is 2. The number of aromatic carboxylic acids is 2. The van der Waals surface area contributed by atoms with Crippen molar-refractivity contribution in [2.45, 2.75) is 27.7 Å². The number of carbonyl (C=O) groups is 2. The van der Waals surface area contributed by atoms with Crippen molar-refractivity contribution in [3.63, 3.8) is 0 Å². The minimum atomic E-state index is -0.969. The predicted octanol–water partition coefficient (Wildman–Crippen LogP) is 10.9. The summed E-state index contributed by atoms with van der Waals surface area (Å²) in [4.78, 5) is 31.9. The second-order valence-corrected chi connectivity index (χ2v) is 12.5. The third-order valence-corrected chi connectivity index (χ3v) is 8.44. The summed E-state index contributed by atoms with van der Waals surface area (Å²) in [7, 11) is 0. The standard InChI is InChI=1S/2C20H17ClN2O2/c2*1-12-7-8-18(16(9-12)20(24)25)23-14-10-13(2)19(22-11-14)15-5-3-4-6-17(15)21/h2*3-11,23H,1-2H3,(H,24,25). The molecule has 50 heavy (non-hydrogen) atoms. The molecule has 6 rings (SSSR count). The molecular formula is C40H34Cl2N4O4. The number of hydrogen-bond donors (Lipinski definition) is 4. The minimum Gasteiger partial charge on any atom is -0.478 e. The number of aryl methyl sites for hydroxylation is 4. The highest BCUT2D eigenvalue weighted by atomic mass is 35.5. The zero-order valence-corrected chi connectivity index (χ0v) is 29.3. The van der Waals surface area contributed by atoms with Crippen LogP contribution in [-0.2, 0) is 0 Å². The van der Waals surface area contributed by atoms with Crippen molar-refractivity contribution in [2.24, 2.45) is 0 Å². The SMILES string of the molecule is Cc1ccc(Nc2cnc(-c3ccccc3Cl)c(C)c2)c(C(=O)O)c1.Cc1ccc(Nc2cnc(-c3ccccc3Cl)c(C)c2)c(C(=O)O)c1. The molecule has 0 aliphatic carbocycles. The van der Waals surface area contributed by atoms with E-state index in [2.05, 4.69) is 20.6 Å². The number of anilines is 4. The molecule has 6 aromatic rings. The molecule has 0 bridgehead atoms. The third kappa shape index (κ3) is 8.47. The van der Waals surface area contributed by atoms with Crippen LogP contribution in [0.4, 0.5) is 22.7 Å². The number of carboxylic acids is 2. The van der Waals surface area contributed by atoms with Crippen molar-refractivity contribution in [1.82, 2.24) is 9.97 Å². The van der Waals surface area contributed by atoms with Crippen LogP contribution in [0.15, 0.2) is 109 Å². The average molecular weight is 706 g/mol. The minimum absolute atomic E-state index is 0.229. The topological polar surface area (TPSA) is 124 Å². The van der Waals surface area contributed by atoms with Gasteiger partial charge in [0.15, 0.2) is 0 Å². The molecule has 252 valence electrons. The van der Waals surface area contributed by atoms with E-state index in [4.69, 9.17) is 23.2 Å². The highest BCUT2D eigenvalue weighted by molar-refractivity contribution is 6.33. The maximum absolute atomic E-state index is 11.4. The van der Waals surface area contributed by atoms with Crippen molar-refractivity contribution >= 4 is 57.9 Å². The van der Waals surface area contributed by atoms with Crippen molar-refractivity contribution in [3.05, 3.63) is 153 Å². The molecule has 8 nitrogen and oxygen atoms in total. The highest BCUT2D eigenvalue weighted by Crippen LogP contribution is 2.32. The van der Waals surface area contributed by atoms with E-state index in [1.54, 1.807) is 36.7 Å². The maximum Gasteiger partial charge on any atom is 0.337 e. The Labute approximate surface area is 300 Å². The molecule has 0 aliphatic rings. The Morgan fingerprint density at radius 2 is 0.940 bits per heavy atom. The van der Waals surface area contributed by atoms with Crippen LogP contribution in [-0.4, -0.2) is 32.1 Å². The van der Waals surface area contributed by atoms with Crippen LogP contribution in [0.5, 0.6) is 0 Å². The fourth-order valence-electron chi connectivity index (χ4n) is 5.36. The second kappa shape index (κ2) is 15.7. The van der Waals surface area contributed by atoms with E-state index in [0.717, 1.165) is 56.1 Å². The van der Waals surface area contributed by atoms with E-state index < -0.39 is 11.9 Å². The molecule has 0 saturated heterocycles. The number of benzene rings is 4. The molecule has 2 heterocycles. The van der Waals surface area contributed by atoms with Gasteiger partial charge in [0.25, 0.3) is 0 Å². The molecule has 0 spiro atoms. The molecule has 2 aromatic heterocycles. The zero-order chi connectivity index (χ0) is 35.9. The first-order chi connectivity index (χ1) is 23.9. The predicted molar refractivity (Wildman–Crippen MR) is 202 cm³/mol. The summed E-state index contributed by atoms with van der Waals surface area (Å²) in [6.07, 6.45) is 3.36. The molecule has 0 fully saturated rings. The van der Waals surface area contributed by atoms with E-state index >= 15 is 0 Å². The number of halogens is 2. The Balaban J connectivity index is 0.000000194. The molecular weight excluding hydrogens is 671 g/mol. The van der Waals surface area contributed by atoms with Crippen LogP contribution in [0.3, 0.4) is 0 Å². The molecule has 0 radical (unpaired) electrons. The van der Waals surface area contributed by atoms with Gasteiger partial charge in [-0.2, -0.15) is 0 Å². The summed E-state index contributed by atoms with van der Waals surface area (Å²) in [5.41, 5.74) is 10.00. The van der Waals surface area contributed by atoms with Gasteiger partial charge in [-0.05, 0) is 87.4 Å². The van der Waals surface area contributed by atoms with Gasteiger partial charge in [-0.25, -0.2) is 9.59 Å². The van der Waals surface area contributed by atoms with E-state index in [0.29, 0.717) is 21.4 Å². The third-order valence-electron chi connectivity index (χ3n) is 7.78. The van der Waals surface area contributed by atoms with Crippen molar-refractivity contribution in [3.8, 4) is 22.5 Å². The van der Waals surface area contributed by atoms with Crippen molar-refractivity contribution < 1.29 is 19.8 Å². The van der Waals surface area contributed by atoms with Gasteiger partial charge < -0.3 is 20.8 Å². The largest absolute Gasteiger partial charge is 0.478 e. The Morgan fingerprint density at radius 1 is 0.560 bits per heavy atom. The number of pyridine rings is 2. The van der Waals surface area contributed by atoms with Crippen LogP contribution >= 0.6 is 23.2 Å². The smallest absolute Gasteiger partial charge is 0.337 e. The van der Waals surface area contributed by atoms with Gasteiger partial charge in [-0.15, -0.1) is 0 Å². The second-order valence-electron chi connectivity index (χ2n) is 11.7. The van der Waals surface area contributed by atoms with Gasteiger partial charge in [-0.1, -0.05) is 82.9 Å². The van der Waals surface area contributed by atoms with E-state index in [1.165, 1.54) is 0 Å². The van der Waals surface area contributed by atoms with E-state index in [9.17, 15) is 19.8 Å². The summed E-state index contributed by atoms with van der Waals surface area (Å²) in [6, 6.07) is 29.5. The molecule has 4 N–H and O–H groups in total. The van der Waals surface area contributed by atoms with Crippen LogP contribution in [0.2, 0.25) is 10.0 Å². The van der Waals surface area contributed by atoms with Gasteiger partial charge in [0.05, 0.1) is 57.7 Å². The summed E-state index contributed by atoms with van der Waals surface area (Å²) >= 11 is 12.5. The molecule has 10 heteroatoms. The summed E-state index contributed by atoms with van der Waals surface area (Å²) in [5, 5.41) is 26.3. The normalized spacial score (nSPS) is 10.5. The Kier molecular flexibility index (Phi) is 11.2. The van der Waals surface area contributed by atoms with Crippen molar-refractivity contribution in [1.29, 1.82) is 0 Å². The lowest BCUT2D eigenvalue weighted by Gasteiger charge is -2.13. The lowest BCUT2D eigenvalue weighted by atomic mass is 10.1. The first-order valence-electron chi connectivity index (χ1n) is 15.6. The average Bonchev–Trinajstić information content (AvgIpc) is 3.08. The van der Waals surface area contributed by atoms with Gasteiger partial charge in [0.2, 0.25) is 0 Å². The molecule has 0 unspecified atom stereocenters. The molecule has 4 aromatic carbocycles. The number of aromatic nitrogens is 2. The molecule has 0 amide bonds. The first kappa shape index (κ1) is 35.6. The molecule has 0 aliphatic heterocycles. The zero-order valence-electron chi connectivity index (χ0n) is 27.8. The van der Waals surface area contributed by atoms with Crippen LogP contribution in [0.25, 0.3) is 22.5 Å². The lowest BCUT2D eigenvalue weighted by Crippen LogP contribution is -2.04. The maximum atomic E-state index is 11.4. The number of rotatable bonds is 8. The lowest BCUT2D eigenvalue weighted by molar-refractivity contribution is 0.0687. The van der Waals surface area contributed by atoms with Gasteiger partial charge in [0.1, 0.15) is 0 Å². The Hall–Kier alpha value is -5.70. The summed E-state index contributed by atoms with van der Waals surface area (Å²) in [6.45, 7) is 7.62.